The van der Waals surface area contributed by atoms with Gasteiger partial charge in [-0.1, -0.05) is 0 Å². The fourth-order valence-electron chi connectivity index (χ4n) is 0.981. The van der Waals surface area contributed by atoms with Crippen LogP contribution in [0, 0.1) is 0 Å². The van der Waals surface area contributed by atoms with Gasteiger partial charge in [-0.15, -0.1) is 0 Å². The number of rotatable bonds is 5. The number of hydrogen-bond donors (Lipinski definition) is 2. The molecule has 96 valence electrons. The third-order valence-corrected chi connectivity index (χ3v) is 2.96. The van der Waals surface area contributed by atoms with Gasteiger partial charge in [-0.05, 0) is 34.6 Å². The molecule has 0 aliphatic rings. The molecule has 0 aromatic carbocycles. The van der Waals surface area contributed by atoms with Gasteiger partial charge in [0.15, 0.2) is 0 Å². The van der Waals surface area contributed by atoms with Crippen molar-refractivity contribution in [2.75, 3.05) is 6.61 Å². The molecule has 16 heavy (non-hydrogen) atoms. The van der Waals surface area contributed by atoms with Gasteiger partial charge in [-0.25, -0.2) is 0 Å². The van der Waals surface area contributed by atoms with Crippen LogP contribution in [0.5, 0.6) is 0 Å². The van der Waals surface area contributed by atoms with Crippen LogP contribution in [-0.2, 0) is 19.7 Å². The number of ether oxygens (including phenoxy) is 1. The molecule has 0 radical (unpaired) electrons. The van der Waals surface area contributed by atoms with E-state index in [-0.39, 0.29) is 6.61 Å². The van der Waals surface area contributed by atoms with Gasteiger partial charge in [0.25, 0.3) is 10.2 Å². The van der Waals surface area contributed by atoms with Crippen LogP contribution in [0.2, 0.25) is 0 Å². The maximum absolute atomic E-state index is 11.5. The molecule has 1 unspecified atom stereocenters. The number of hydrogen-bond acceptors (Lipinski definition) is 4. The molecule has 2 N–H and O–H groups in total. The van der Waals surface area contributed by atoms with E-state index in [0.29, 0.717) is 0 Å². The van der Waals surface area contributed by atoms with Crippen LogP contribution in [-0.4, -0.2) is 32.6 Å². The minimum atomic E-state index is -3.70. The summed E-state index contributed by atoms with van der Waals surface area (Å²) in [6.45, 7) is 8.44. The Kier molecular flexibility index (Phi) is 5.37. The number of nitrogens with one attached hydrogen (secondary N) is 2. The normalized spacial score (nSPS) is 14.6. The highest BCUT2D eigenvalue weighted by Gasteiger charge is 2.24. The smallest absolute Gasteiger partial charge is 0.323 e. The van der Waals surface area contributed by atoms with E-state index < -0.39 is 27.8 Å². The van der Waals surface area contributed by atoms with Crippen molar-refractivity contribution in [3.05, 3.63) is 0 Å². The lowest BCUT2D eigenvalue weighted by atomic mass is 10.1. The number of carbonyl (C=O) groups is 1. The van der Waals surface area contributed by atoms with Crippen molar-refractivity contribution in [2.24, 2.45) is 0 Å². The molecule has 0 bridgehead atoms. The summed E-state index contributed by atoms with van der Waals surface area (Å²) in [5.74, 6) is -0.596. The van der Waals surface area contributed by atoms with E-state index in [1.54, 1.807) is 27.7 Å². The summed E-state index contributed by atoms with van der Waals surface area (Å²) >= 11 is 0. The van der Waals surface area contributed by atoms with Crippen molar-refractivity contribution < 1.29 is 17.9 Å². The summed E-state index contributed by atoms with van der Waals surface area (Å²) in [6.07, 6.45) is 0. The molecular weight excluding hydrogens is 232 g/mol. The van der Waals surface area contributed by atoms with Gasteiger partial charge in [0, 0.05) is 5.54 Å². The van der Waals surface area contributed by atoms with E-state index in [0.717, 1.165) is 0 Å². The lowest BCUT2D eigenvalue weighted by Gasteiger charge is -2.22. The Labute approximate surface area is 96.9 Å². The molecule has 0 amide bonds. The highest BCUT2D eigenvalue weighted by atomic mass is 32.2. The Morgan fingerprint density at radius 2 is 1.88 bits per heavy atom. The monoisotopic (exact) mass is 252 g/mol. The largest absolute Gasteiger partial charge is 0.465 e. The van der Waals surface area contributed by atoms with E-state index in [2.05, 4.69) is 14.2 Å². The van der Waals surface area contributed by atoms with E-state index >= 15 is 0 Å². The zero-order valence-corrected chi connectivity index (χ0v) is 11.1. The summed E-state index contributed by atoms with van der Waals surface area (Å²) in [5.41, 5.74) is -0.597. The van der Waals surface area contributed by atoms with Crippen LogP contribution in [0.1, 0.15) is 34.6 Å². The standard InChI is InChI=1S/C9H20N2O4S/c1-6-15-8(12)7(2)10-16(13,14)11-9(3,4)5/h7,10-11H,6H2,1-5H3. The predicted octanol–water partition coefficient (Wildman–Crippen LogP) is 0.161. The molecule has 0 aliphatic carbocycles. The van der Waals surface area contributed by atoms with E-state index in [1.165, 1.54) is 6.92 Å². The average molecular weight is 252 g/mol. The lowest BCUT2D eigenvalue weighted by Crippen LogP contribution is -2.51. The van der Waals surface area contributed by atoms with Crippen molar-refractivity contribution in [1.29, 1.82) is 0 Å². The van der Waals surface area contributed by atoms with Crippen LogP contribution in [0.25, 0.3) is 0 Å². The van der Waals surface area contributed by atoms with Crippen molar-refractivity contribution in [1.82, 2.24) is 9.44 Å². The average Bonchev–Trinajstić information content (AvgIpc) is 1.98. The Bertz CT molecular complexity index is 332. The maximum atomic E-state index is 11.5. The molecular formula is C9H20N2O4S. The van der Waals surface area contributed by atoms with Crippen molar-refractivity contribution in [3.8, 4) is 0 Å². The zero-order chi connectivity index (χ0) is 13.0. The van der Waals surface area contributed by atoms with Crippen LogP contribution in [0.3, 0.4) is 0 Å². The molecule has 7 heteroatoms. The third kappa shape index (κ3) is 6.76. The third-order valence-electron chi connectivity index (χ3n) is 1.41. The minimum absolute atomic E-state index is 0.220. The number of carbonyl (C=O) groups excluding carboxylic acids is 1. The molecule has 1 atom stereocenters. The molecule has 0 aromatic rings. The van der Waals surface area contributed by atoms with Gasteiger partial charge in [-0.2, -0.15) is 17.9 Å². The van der Waals surface area contributed by atoms with Gasteiger partial charge in [0.2, 0.25) is 0 Å². The molecule has 0 fully saturated rings. The lowest BCUT2D eigenvalue weighted by molar-refractivity contribution is -0.144. The second-order valence-corrected chi connectivity index (χ2v) is 5.89. The minimum Gasteiger partial charge on any atom is -0.465 e. The fourth-order valence-corrected chi connectivity index (χ4v) is 2.41. The van der Waals surface area contributed by atoms with Crippen molar-refractivity contribution in [2.45, 2.75) is 46.2 Å². The summed E-state index contributed by atoms with van der Waals surface area (Å²) in [4.78, 5) is 11.2. The molecule has 6 nitrogen and oxygen atoms in total. The van der Waals surface area contributed by atoms with Crippen LogP contribution >= 0.6 is 0 Å². The highest BCUT2D eigenvalue weighted by molar-refractivity contribution is 7.87. The SMILES string of the molecule is CCOC(=O)C(C)NS(=O)(=O)NC(C)(C)C. The van der Waals surface area contributed by atoms with Crippen LogP contribution in [0.4, 0.5) is 0 Å². The molecule has 0 heterocycles. The number of esters is 1. The van der Waals surface area contributed by atoms with Gasteiger partial charge < -0.3 is 4.74 Å². The molecule has 0 aromatic heterocycles. The summed E-state index contributed by atoms with van der Waals surface area (Å²) in [5, 5.41) is 0. The Balaban J connectivity index is 4.43. The first kappa shape index (κ1) is 15.3. The van der Waals surface area contributed by atoms with E-state index in [9.17, 15) is 13.2 Å². The fraction of sp³-hybridized carbons (Fsp3) is 0.889. The van der Waals surface area contributed by atoms with Crippen LogP contribution in [0.15, 0.2) is 0 Å². The Hall–Kier alpha value is -0.660. The molecule has 0 aliphatic heterocycles. The quantitative estimate of drug-likeness (QED) is 0.683. The second-order valence-electron chi connectivity index (χ2n) is 4.45. The predicted molar refractivity (Wildman–Crippen MR) is 61.0 cm³/mol. The summed E-state index contributed by atoms with van der Waals surface area (Å²) in [7, 11) is -3.70. The van der Waals surface area contributed by atoms with Gasteiger partial charge in [0.1, 0.15) is 6.04 Å². The van der Waals surface area contributed by atoms with Gasteiger partial charge in [0.05, 0.1) is 6.61 Å². The second kappa shape index (κ2) is 5.60. The summed E-state index contributed by atoms with van der Waals surface area (Å²) in [6, 6.07) is -0.903. The molecule has 0 saturated heterocycles. The first-order valence-electron chi connectivity index (χ1n) is 5.05. The first-order chi connectivity index (χ1) is 7.07. The van der Waals surface area contributed by atoms with Gasteiger partial charge >= 0.3 is 5.97 Å². The Morgan fingerprint density at radius 3 is 2.25 bits per heavy atom. The molecule has 0 rings (SSSR count). The van der Waals surface area contributed by atoms with Crippen LogP contribution < -0.4 is 9.44 Å². The first-order valence-corrected chi connectivity index (χ1v) is 6.53. The van der Waals surface area contributed by atoms with Gasteiger partial charge in [-0.3, -0.25) is 4.79 Å². The van der Waals surface area contributed by atoms with Crippen molar-refractivity contribution in [3.63, 3.8) is 0 Å². The molecule has 0 saturated carbocycles. The Morgan fingerprint density at radius 1 is 1.38 bits per heavy atom. The van der Waals surface area contributed by atoms with E-state index in [1.807, 2.05) is 0 Å². The topological polar surface area (TPSA) is 84.5 Å². The molecule has 0 spiro atoms. The highest BCUT2D eigenvalue weighted by Crippen LogP contribution is 2.01. The maximum Gasteiger partial charge on any atom is 0.323 e. The van der Waals surface area contributed by atoms with Crippen molar-refractivity contribution >= 4 is 16.2 Å². The zero-order valence-electron chi connectivity index (χ0n) is 10.3. The van der Waals surface area contributed by atoms with E-state index in [4.69, 9.17) is 0 Å². The summed E-state index contributed by atoms with van der Waals surface area (Å²) < 4.78 is 32.3.